The second kappa shape index (κ2) is 7.85. The van der Waals surface area contributed by atoms with Crippen molar-refractivity contribution in [3.8, 4) is 0 Å². The van der Waals surface area contributed by atoms with Crippen molar-refractivity contribution in [2.75, 3.05) is 0 Å². The van der Waals surface area contributed by atoms with Gasteiger partial charge in [0.1, 0.15) is 0 Å². The molecule has 0 bridgehead atoms. The molecule has 0 radical (unpaired) electrons. The molecule has 0 amide bonds. The van der Waals surface area contributed by atoms with Gasteiger partial charge in [0.15, 0.2) is 0 Å². The zero-order valence-electron chi connectivity index (χ0n) is 18.2. The first-order valence-corrected chi connectivity index (χ1v) is 14.0. The molecule has 0 saturated carbocycles. The number of hydrogen-bond donors (Lipinski definition) is 0. The Morgan fingerprint density at radius 1 is 0.688 bits per heavy atom. The Morgan fingerprint density at radius 2 is 1.16 bits per heavy atom. The molecule has 0 aliphatic rings. The molecule has 0 aliphatic heterocycles. The monoisotopic (exact) mass is 457 g/mol. The van der Waals surface area contributed by atoms with Gasteiger partial charge in [0.2, 0.25) is 0 Å². The third-order valence-electron chi connectivity index (χ3n) is 6.23. The van der Waals surface area contributed by atoms with E-state index >= 15 is 0 Å². The molecule has 5 aromatic rings. The van der Waals surface area contributed by atoms with E-state index in [4.69, 9.17) is 21.3 Å². The standard InChI is InChI=1S/C27H25ClN3P/c1-21-18-19-22(2)31-27(21)29-26(30-31)20-32(28,23-12-6-3-7-13-23,24-14-8-4-9-15-24)25-16-10-5-11-17-25/h3-19H,20H2,1-2H3. The van der Waals surface area contributed by atoms with E-state index in [0.717, 1.165) is 38.6 Å². The van der Waals surface area contributed by atoms with Crippen LogP contribution in [0.3, 0.4) is 0 Å². The number of fused-ring (bicyclic) bond motifs is 1. The number of halogens is 1. The Kier molecular flexibility index (Phi) is 5.12. The van der Waals surface area contributed by atoms with Gasteiger partial charge in [-0.05, 0) is 0 Å². The van der Waals surface area contributed by atoms with Crippen molar-refractivity contribution in [2.45, 2.75) is 20.0 Å². The predicted molar refractivity (Wildman–Crippen MR) is 137 cm³/mol. The second-order valence-corrected chi connectivity index (χ2v) is 14.7. The molecule has 3 aromatic carbocycles. The van der Waals surface area contributed by atoms with Gasteiger partial charge in [-0.1, -0.05) is 0 Å². The van der Waals surface area contributed by atoms with Gasteiger partial charge in [0.25, 0.3) is 0 Å². The molecular weight excluding hydrogens is 433 g/mol. The second-order valence-electron chi connectivity index (χ2n) is 8.27. The van der Waals surface area contributed by atoms with Crippen molar-refractivity contribution in [3.63, 3.8) is 0 Å². The average molecular weight is 458 g/mol. The molecule has 3 nitrogen and oxygen atoms in total. The predicted octanol–water partition coefficient (Wildman–Crippen LogP) is 5.53. The zero-order chi connectivity index (χ0) is 22.2. The van der Waals surface area contributed by atoms with Crippen LogP contribution in [0.15, 0.2) is 103 Å². The normalized spacial score (nSPS) is 13.0. The molecule has 0 aliphatic carbocycles. The summed E-state index contributed by atoms with van der Waals surface area (Å²) in [6, 6.07) is 35.6. The van der Waals surface area contributed by atoms with Crippen LogP contribution in [0.1, 0.15) is 17.1 Å². The first kappa shape index (κ1) is 20.9. The van der Waals surface area contributed by atoms with Crippen LogP contribution in [0, 0.1) is 13.8 Å². The van der Waals surface area contributed by atoms with E-state index in [1.807, 2.05) is 22.7 Å². The molecule has 5 heteroatoms. The Bertz CT molecular complexity index is 1240. The third kappa shape index (κ3) is 3.16. The summed E-state index contributed by atoms with van der Waals surface area (Å²) in [6.45, 7) is 4.12. The van der Waals surface area contributed by atoms with Crippen molar-refractivity contribution >= 4 is 38.8 Å². The van der Waals surface area contributed by atoms with E-state index in [1.165, 1.54) is 0 Å². The number of nitrogens with zero attached hydrogens (tertiary/aromatic N) is 3. The minimum absolute atomic E-state index is 0.533. The first-order chi connectivity index (χ1) is 15.5. The van der Waals surface area contributed by atoms with Crippen LogP contribution in [0.4, 0.5) is 0 Å². The fourth-order valence-electron chi connectivity index (χ4n) is 4.52. The average Bonchev–Trinajstić information content (AvgIpc) is 3.28. The van der Waals surface area contributed by atoms with E-state index in [9.17, 15) is 0 Å². The number of pyridine rings is 1. The Hall–Kier alpha value is -3.00. The van der Waals surface area contributed by atoms with Gasteiger partial charge in [-0.25, -0.2) is 0 Å². The Labute approximate surface area is 193 Å². The Morgan fingerprint density at radius 3 is 1.59 bits per heavy atom. The number of aryl methyl sites for hydroxylation is 2. The molecule has 0 unspecified atom stereocenters. The van der Waals surface area contributed by atoms with Crippen LogP contribution in [-0.4, -0.2) is 14.6 Å². The molecular formula is C27H25ClN3P. The molecule has 0 saturated heterocycles. The fraction of sp³-hybridized carbons (Fsp3) is 0.111. The summed E-state index contributed by atoms with van der Waals surface area (Å²) in [4.78, 5) is 4.98. The van der Waals surface area contributed by atoms with Crippen molar-refractivity contribution in [1.29, 1.82) is 0 Å². The molecule has 5 rings (SSSR count). The molecule has 2 aromatic heterocycles. The molecule has 32 heavy (non-hydrogen) atoms. The molecule has 0 atom stereocenters. The summed E-state index contributed by atoms with van der Waals surface area (Å²) in [7, 11) is 0. The molecule has 0 N–H and O–H groups in total. The van der Waals surface area contributed by atoms with Gasteiger partial charge in [-0.2, -0.15) is 0 Å². The van der Waals surface area contributed by atoms with Crippen molar-refractivity contribution < 1.29 is 0 Å². The van der Waals surface area contributed by atoms with E-state index in [1.54, 1.807) is 0 Å². The van der Waals surface area contributed by atoms with Crippen LogP contribution >= 0.6 is 17.2 Å². The van der Waals surface area contributed by atoms with Crippen molar-refractivity contribution in [3.05, 3.63) is 120 Å². The molecule has 0 fully saturated rings. The summed E-state index contributed by atoms with van der Waals surface area (Å²) in [5.41, 5.74) is 3.04. The molecule has 0 spiro atoms. The topological polar surface area (TPSA) is 30.2 Å². The molecule has 2 heterocycles. The van der Waals surface area contributed by atoms with E-state index in [-0.39, 0.29) is 0 Å². The first-order valence-electron chi connectivity index (χ1n) is 10.7. The van der Waals surface area contributed by atoms with Crippen LogP contribution in [0.2, 0.25) is 0 Å². The third-order valence-corrected chi connectivity index (χ3v) is 13.4. The molecule has 160 valence electrons. The zero-order valence-corrected chi connectivity index (χ0v) is 19.8. The van der Waals surface area contributed by atoms with Crippen molar-refractivity contribution in [2.24, 2.45) is 0 Å². The maximum absolute atomic E-state index is 8.16. The van der Waals surface area contributed by atoms with Gasteiger partial charge in [0, 0.05) is 0 Å². The Balaban J connectivity index is 1.85. The quantitative estimate of drug-likeness (QED) is 0.325. The number of benzene rings is 3. The van der Waals surface area contributed by atoms with Gasteiger partial charge in [-0.3, -0.25) is 0 Å². The summed E-state index contributed by atoms with van der Waals surface area (Å²) >= 11 is 8.16. The number of aromatic nitrogens is 3. The summed E-state index contributed by atoms with van der Waals surface area (Å²) in [6.07, 6.45) is 0.533. The SMILES string of the molecule is Cc1ccc(C)n2nc(CP(Cl)(c3ccccc3)(c3ccccc3)c3ccccc3)nc12. The minimum atomic E-state index is -3.45. The van der Waals surface area contributed by atoms with Crippen LogP contribution < -0.4 is 15.9 Å². The fourth-order valence-corrected chi connectivity index (χ4v) is 10.3. The van der Waals surface area contributed by atoms with Gasteiger partial charge in [0.05, 0.1) is 0 Å². The van der Waals surface area contributed by atoms with Crippen molar-refractivity contribution in [1.82, 2.24) is 14.6 Å². The number of rotatable bonds is 5. The van der Waals surface area contributed by atoms with Crippen LogP contribution in [0.25, 0.3) is 5.65 Å². The van der Waals surface area contributed by atoms with E-state index < -0.39 is 5.96 Å². The van der Waals surface area contributed by atoms with E-state index in [0.29, 0.717) is 6.16 Å². The summed E-state index contributed by atoms with van der Waals surface area (Å²) in [5, 5.41) is 8.28. The van der Waals surface area contributed by atoms with Gasteiger partial charge >= 0.3 is 194 Å². The number of hydrogen-bond acceptors (Lipinski definition) is 2. The van der Waals surface area contributed by atoms with Crippen LogP contribution in [-0.2, 0) is 6.16 Å². The summed E-state index contributed by atoms with van der Waals surface area (Å²) < 4.78 is 1.93. The van der Waals surface area contributed by atoms with E-state index in [2.05, 4.69) is 98.8 Å². The summed E-state index contributed by atoms with van der Waals surface area (Å²) in [5.74, 6) is -2.69. The van der Waals surface area contributed by atoms with Gasteiger partial charge in [-0.15, -0.1) is 0 Å². The maximum atomic E-state index is 8.16. The van der Waals surface area contributed by atoms with Gasteiger partial charge < -0.3 is 0 Å². The van der Waals surface area contributed by atoms with Crippen LogP contribution in [0.5, 0.6) is 0 Å².